The van der Waals surface area contributed by atoms with Crippen LogP contribution in [0.15, 0.2) is 18.2 Å². The number of primary amides is 1. The van der Waals surface area contributed by atoms with Crippen molar-refractivity contribution in [2.45, 2.75) is 25.6 Å². The van der Waals surface area contributed by atoms with Crippen LogP contribution in [-0.2, 0) is 16.0 Å². The first kappa shape index (κ1) is 17.8. The van der Waals surface area contributed by atoms with E-state index in [1.165, 1.54) is 0 Å². The summed E-state index contributed by atoms with van der Waals surface area (Å²) in [4.78, 5) is 34.4. The maximum atomic E-state index is 11.9. The van der Waals surface area contributed by atoms with Gasteiger partial charge in [0, 0.05) is 12.2 Å². The smallest absolute Gasteiger partial charge is 0.526 e. The van der Waals surface area contributed by atoms with E-state index in [0.29, 0.717) is 12.0 Å². The van der Waals surface area contributed by atoms with Crippen molar-refractivity contribution in [3.63, 3.8) is 0 Å². The van der Waals surface area contributed by atoms with Crippen LogP contribution in [0.25, 0.3) is 0 Å². The molecule has 4 N–H and O–H groups in total. The quantitative estimate of drug-likeness (QED) is 0.506. The molecule has 2 rings (SSSR count). The number of fused-ring (bicyclic) bond motifs is 1. The minimum atomic E-state index is -1.23. The highest BCUT2D eigenvalue weighted by molar-refractivity contribution is 6.47. The fraction of sp³-hybridized carbons (Fsp3) is 0.400. The van der Waals surface area contributed by atoms with Crippen LogP contribution in [0.5, 0.6) is 5.75 Å². The highest BCUT2D eigenvalue weighted by Crippen LogP contribution is 2.36. The van der Waals surface area contributed by atoms with Crippen LogP contribution in [-0.4, -0.2) is 43.1 Å². The van der Waals surface area contributed by atoms with Gasteiger partial charge in [0.05, 0.1) is 13.2 Å². The average molecular weight is 334 g/mol. The molecule has 0 aliphatic carbocycles. The predicted molar refractivity (Wildman–Crippen MR) is 85.7 cm³/mol. The van der Waals surface area contributed by atoms with Gasteiger partial charge >= 0.3 is 19.1 Å². The van der Waals surface area contributed by atoms with Gasteiger partial charge in [0.2, 0.25) is 0 Å². The van der Waals surface area contributed by atoms with Gasteiger partial charge in [-0.05, 0) is 25.0 Å². The van der Waals surface area contributed by atoms with Crippen molar-refractivity contribution in [1.82, 2.24) is 5.32 Å². The zero-order valence-electron chi connectivity index (χ0n) is 13.3. The SMILES string of the molecule is CCOC(=O)c1cccc2c1OB(O)[C@@H](CC(=O)CNC(N)=O)C2. The standard InChI is InChI=1S/C15H19BN2O6/c1-2-23-14(20)12-5-3-4-9-6-10(16(22)24-13(9)12)7-11(19)8-18-15(17)21/h3-5,10,22H,2,6-8H2,1H3,(H3,17,18,21)/t10-/m1/s1. The topological polar surface area (TPSA) is 128 Å². The molecule has 0 aromatic heterocycles. The molecular formula is C15H19BN2O6. The fourth-order valence-electron chi connectivity index (χ4n) is 2.58. The van der Waals surface area contributed by atoms with Gasteiger partial charge in [0.15, 0.2) is 5.78 Å². The molecule has 1 heterocycles. The second-order valence-corrected chi connectivity index (χ2v) is 5.45. The third kappa shape index (κ3) is 4.26. The van der Waals surface area contributed by atoms with Crippen molar-refractivity contribution < 1.29 is 28.8 Å². The Hall–Kier alpha value is -2.55. The van der Waals surface area contributed by atoms with Crippen molar-refractivity contribution in [3.8, 4) is 5.75 Å². The van der Waals surface area contributed by atoms with Gasteiger partial charge < -0.3 is 25.5 Å². The summed E-state index contributed by atoms with van der Waals surface area (Å²) in [6.07, 6.45) is 0.385. The number of amides is 2. The van der Waals surface area contributed by atoms with Gasteiger partial charge in [0.25, 0.3) is 0 Å². The zero-order chi connectivity index (χ0) is 17.7. The Bertz CT molecular complexity index is 651. The van der Waals surface area contributed by atoms with Gasteiger partial charge in [-0.3, -0.25) is 4.79 Å². The number of rotatable bonds is 6. The molecule has 0 unspecified atom stereocenters. The second-order valence-electron chi connectivity index (χ2n) is 5.45. The number of hydrogen-bond acceptors (Lipinski definition) is 6. The van der Waals surface area contributed by atoms with E-state index in [1.54, 1.807) is 25.1 Å². The molecule has 1 aliphatic heterocycles. The monoisotopic (exact) mass is 334 g/mol. The number of ketones is 1. The zero-order valence-corrected chi connectivity index (χ0v) is 13.3. The predicted octanol–water partition coefficient (Wildman–Crippen LogP) is 0.276. The Kier molecular flexibility index (Phi) is 5.80. The molecule has 1 aromatic rings. The first-order valence-electron chi connectivity index (χ1n) is 7.61. The number of esters is 1. The van der Waals surface area contributed by atoms with E-state index < -0.39 is 24.9 Å². The van der Waals surface area contributed by atoms with E-state index in [4.69, 9.17) is 15.1 Å². The molecule has 0 saturated carbocycles. The molecule has 0 bridgehead atoms. The maximum Gasteiger partial charge on any atom is 0.526 e. The molecule has 1 aromatic carbocycles. The Balaban J connectivity index is 2.10. The van der Waals surface area contributed by atoms with Crippen LogP contribution >= 0.6 is 0 Å². The van der Waals surface area contributed by atoms with Gasteiger partial charge in [-0.25, -0.2) is 9.59 Å². The first-order chi connectivity index (χ1) is 11.4. The number of nitrogens with one attached hydrogen (secondary N) is 1. The van der Waals surface area contributed by atoms with Crippen LogP contribution in [0, 0.1) is 0 Å². The van der Waals surface area contributed by atoms with Crippen molar-refractivity contribution in [1.29, 1.82) is 0 Å². The van der Waals surface area contributed by atoms with Crippen LogP contribution in [0.1, 0.15) is 29.3 Å². The van der Waals surface area contributed by atoms with E-state index in [9.17, 15) is 19.4 Å². The Labute approximate surface area is 139 Å². The van der Waals surface area contributed by atoms with Crippen LogP contribution in [0.2, 0.25) is 5.82 Å². The summed E-state index contributed by atoms with van der Waals surface area (Å²) in [5.41, 5.74) is 5.87. The van der Waals surface area contributed by atoms with Crippen molar-refractivity contribution in [3.05, 3.63) is 29.3 Å². The van der Waals surface area contributed by atoms with Gasteiger partial charge in [-0.15, -0.1) is 0 Å². The number of ether oxygens (including phenoxy) is 1. The fourth-order valence-corrected chi connectivity index (χ4v) is 2.58. The largest absolute Gasteiger partial charge is 0.535 e. The average Bonchev–Trinajstić information content (AvgIpc) is 2.53. The molecule has 8 nitrogen and oxygen atoms in total. The lowest BCUT2D eigenvalue weighted by atomic mass is 9.64. The van der Waals surface area contributed by atoms with E-state index in [2.05, 4.69) is 5.32 Å². The van der Waals surface area contributed by atoms with E-state index in [-0.39, 0.29) is 36.7 Å². The molecule has 9 heteroatoms. The minimum absolute atomic E-state index is 0.0184. The molecule has 0 fully saturated rings. The first-order valence-corrected chi connectivity index (χ1v) is 7.61. The number of carbonyl (C=O) groups excluding carboxylic acids is 3. The molecule has 0 saturated heterocycles. The van der Waals surface area contributed by atoms with Crippen LogP contribution < -0.4 is 15.7 Å². The third-order valence-electron chi connectivity index (χ3n) is 3.67. The maximum absolute atomic E-state index is 11.9. The number of Topliss-reactive ketones (excluding diaryl/α,β-unsaturated/α-hetero) is 1. The van der Waals surface area contributed by atoms with E-state index in [1.807, 2.05) is 0 Å². The number of para-hydroxylation sites is 1. The van der Waals surface area contributed by atoms with Gasteiger partial charge in [-0.2, -0.15) is 0 Å². The Morgan fingerprint density at radius 3 is 2.88 bits per heavy atom. The lowest BCUT2D eigenvalue weighted by molar-refractivity contribution is -0.118. The second kappa shape index (κ2) is 7.82. The normalized spacial score (nSPS) is 15.9. The number of carbonyl (C=O) groups is 3. The molecule has 0 radical (unpaired) electrons. The number of urea groups is 1. The number of hydrogen-bond donors (Lipinski definition) is 3. The molecule has 0 spiro atoms. The summed E-state index contributed by atoms with van der Waals surface area (Å²) in [5.74, 6) is -0.993. The van der Waals surface area contributed by atoms with E-state index >= 15 is 0 Å². The molecule has 24 heavy (non-hydrogen) atoms. The van der Waals surface area contributed by atoms with Crippen molar-refractivity contribution in [2.24, 2.45) is 5.73 Å². The molecule has 128 valence electrons. The molecule has 1 aliphatic rings. The highest BCUT2D eigenvalue weighted by Gasteiger charge is 2.37. The lowest BCUT2D eigenvalue weighted by Gasteiger charge is -2.28. The molecule has 2 amide bonds. The van der Waals surface area contributed by atoms with Gasteiger partial charge in [0.1, 0.15) is 11.3 Å². The lowest BCUT2D eigenvalue weighted by Crippen LogP contribution is -2.38. The van der Waals surface area contributed by atoms with Crippen LogP contribution in [0.4, 0.5) is 4.79 Å². The summed E-state index contributed by atoms with van der Waals surface area (Å²) in [5, 5.41) is 12.4. The summed E-state index contributed by atoms with van der Waals surface area (Å²) >= 11 is 0. The summed E-state index contributed by atoms with van der Waals surface area (Å²) in [6, 6.07) is 4.24. The Morgan fingerprint density at radius 2 is 2.21 bits per heavy atom. The van der Waals surface area contributed by atoms with Crippen molar-refractivity contribution in [2.75, 3.05) is 13.2 Å². The third-order valence-corrected chi connectivity index (χ3v) is 3.67. The minimum Gasteiger partial charge on any atom is -0.535 e. The Morgan fingerprint density at radius 1 is 1.46 bits per heavy atom. The van der Waals surface area contributed by atoms with Crippen LogP contribution in [0.3, 0.4) is 0 Å². The summed E-state index contributed by atoms with van der Waals surface area (Å²) < 4.78 is 10.4. The van der Waals surface area contributed by atoms with E-state index in [0.717, 1.165) is 0 Å². The number of nitrogens with two attached hydrogens (primary N) is 1. The molecule has 1 atom stereocenters. The summed E-state index contributed by atoms with van der Waals surface area (Å²) in [7, 11) is -1.23. The van der Waals surface area contributed by atoms with Crippen molar-refractivity contribution >= 4 is 24.9 Å². The highest BCUT2D eigenvalue weighted by atomic mass is 16.5. The number of benzene rings is 1. The summed E-state index contributed by atoms with van der Waals surface area (Å²) in [6.45, 7) is 1.73. The van der Waals surface area contributed by atoms with Gasteiger partial charge in [-0.1, -0.05) is 12.1 Å². The molecular weight excluding hydrogens is 315 g/mol.